The van der Waals surface area contributed by atoms with Gasteiger partial charge in [-0.2, -0.15) is 0 Å². The van der Waals surface area contributed by atoms with Crippen molar-refractivity contribution in [3.8, 4) is 0 Å². The number of hydrogen-bond acceptors (Lipinski definition) is 6. The Bertz CT molecular complexity index is 432. The Balaban J connectivity index is 1.98. The number of anilines is 1. The molecule has 2 bridgehead atoms. The zero-order valence-corrected chi connectivity index (χ0v) is 7.56. The number of hydrogen-bond donors (Lipinski definition) is 0. The van der Waals surface area contributed by atoms with Gasteiger partial charge in [-0.15, -0.1) is 19.0 Å². The zero-order chi connectivity index (χ0) is 9.76. The van der Waals surface area contributed by atoms with Crippen LogP contribution < -0.4 is 5.17 Å². The third kappa shape index (κ3) is 1.01. The Morgan fingerprint density at radius 1 is 1.21 bits per heavy atom. The van der Waals surface area contributed by atoms with Crippen LogP contribution in [0.25, 0.3) is 0 Å². The number of halogens is 1. The van der Waals surface area contributed by atoms with Gasteiger partial charge in [-0.3, -0.25) is 0 Å². The Kier molecular flexibility index (Phi) is 1.51. The van der Waals surface area contributed by atoms with E-state index in [0.29, 0.717) is 0 Å². The SMILES string of the molecule is O=P12ON(O1)N(c1ccccc1F)O2. The molecule has 0 radical (unpaired) electrons. The van der Waals surface area contributed by atoms with Gasteiger partial charge in [0, 0.05) is 0 Å². The summed E-state index contributed by atoms with van der Waals surface area (Å²) in [7, 11) is -3.46. The zero-order valence-electron chi connectivity index (χ0n) is 6.66. The van der Waals surface area contributed by atoms with E-state index in [4.69, 9.17) is 4.62 Å². The summed E-state index contributed by atoms with van der Waals surface area (Å²) < 4.78 is 38.2. The van der Waals surface area contributed by atoms with Gasteiger partial charge in [-0.05, 0) is 12.1 Å². The highest BCUT2D eigenvalue weighted by Gasteiger charge is 2.60. The predicted molar refractivity (Wildman–Crippen MR) is 41.6 cm³/mol. The van der Waals surface area contributed by atoms with Crippen molar-refractivity contribution in [1.82, 2.24) is 5.34 Å². The summed E-state index contributed by atoms with van der Waals surface area (Å²) in [5.41, 5.74) is 0.0720. The van der Waals surface area contributed by atoms with Crippen LogP contribution in [-0.2, 0) is 18.4 Å². The average Bonchev–Trinajstić information content (AvgIpc) is 2.58. The Hall–Kier alpha value is -0.980. The highest BCUT2D eigenvalue weighted by Crippen LogP contribution is 2.67. The molecule has 1 aromatic rings. The molecule has 0 unspecified atom stereocenters. The molecule has 74 valence electrons. The lowest BCUT2D eigenvalue weighted by molar-refractivity contribution is -0.318. The van der Waals surface area contributed by atoms with Gasteiger partial charge in [0.05, 0.1) is 5.34 Å². The minimum absolute atomic E-state index is 0.0720. The molecule has 6 nitrogen and oxygen atoms in total. The normalized spacial score (nSPS) is 34.4. The first-order valence-electron chi connectivity index (χ1n) is 3.72. The minimum Gasteiger partial charge on any atom is -0.222 e. The number of benzene rings is 1. The highest BCUT2D eigenvalue weighted by atomic mass is 31.2. The first-order valence-corrected chi connectivity index (χ1v) is 5.18. The quantitative estimate of drug-likeness (QED) is 0.669. The number of para-hydroxylation sites is 1. The Labute approximate surface area is 77.8 Å². The summed E-state index contributed by atoms with van der Waals surface area (Å²) in [4.78, 5) is 0. The number of fused-ring (bicyclic) bond motifs is 1. The maximum atomic E-state index is 13.2. The second-order valence-corrected chi connectivity index (χ2v) is 4.04. The van der Waals surface area contributed by atoms with Crippen molar-refractivity contribution in [2.24, 2.45) is 0 Å². The summed E-state index contributed by atoms with van der Waals surface area (Å²) in [6, 6.07) is 5.81. The van der Waals surface area contributed by atoms with E-state index >= 15 is 0 Å². The lowest BCUT2D eigenvalue weighted by atomic mass is 10.3. The van der Waals surface area contributed by atoms with Crippen molar-refractivity contribution in [2.75, 3.05) is 5.17 Å². The third-order valence-corrected chi connectivity index (χ3v) is 2.76. The molecule has 1 aromatic carbocycles. The summed E-state index contributed by atoms with van der Waals surface area (Å²) >= 11 is 0. The van der Waals surface area contributed by atoms with Crippen LogP contribution >= 0.6 is 7.82 Å². The van der Waals surface area contributed by atoms with Crippen LogP contribution in [0.1, 0.15) is 0 Å². The maximum absolute atomic E-state index is 13.2. The largest absolute Gasteiger partial charge is 0.538 e. The van der Waals surface area contributed by atoms with Crippen LogP contribution in [0.2, 0.25) is 0 Å². The first-order chi connectivity index (χ1) is 6.68. The van der Waals surface area contributed by atoms with Gasteiger partial charge in [0.15, 0.2) is 5.82 Å². The van der Waals surface area contributed by atoms with Gasteiger partial charge < -0.3 is 0 Å². The molecule has 0 atom stereocenters. The fourth-order valence-corrected chi connectivity index (χ4v) is 2.02. The number of rotatable bonds is 1. The van der Waals surface area contributed by atoms with E-state index in [1.54, 1.807) is 6.07 Å². The lowest BCUT2D eigenvalue weighted by Crippen LogP contribution is -2.34. The third-order valence-electron chi connectivity index (χ3n) is 1.72. The minimum atomic E-state index is -3.46. The van der Waals surface area contributed by atoms with Crippen molar-refractivity contribution >= 4 is 13.5 Å². The average molecular weight is 218 g/mol. The highest BCUT2D eigenvalue weighted by molar-refractivity contribution is 7.49. The maximum Gasteiger partial charge on any atom is 0.538 e. The molecule has 0 spiro atoms. The van der Waals surface area contributed by atoms with E-state index in [0.717, 1.165) is 10.5 Å². The van der Waals surface area contributed by atoms with E-state index in [-0.39, 0.29) is 5.69 Å². The van der Waals surface area contributed by atoms with E-state index < -0.39 is 13.6 Å². The van der Waals surface area contributed by atoms with Crippen molar-refractivity contribution < 1.29 is 22.8 Å². The molecular formula is C6H4FN2O4P. The van der Waals surface area contributed by atoms with Crippen molar-refractivity contribution in [3.63, 3.8) is 0 Å². The fraction of sp³-hybridized carbons (Fsp3) is 0. The first kappa shape index (κ1) is 8.34. The second-order valence-electron chi connectivity index (χ2n) is 2.65. The van der Waals surface area contributed by atoms with Gasteiger partial charge in [0.1, 0.15) is 5.69 Å². The molecular weight excluding hydrogens is 214 g/mol. The molecule has 0 aliphatic carbocycles. The summed E-state index contributed by atoms with van der Waals surface area (Å²) in [6.45, 7) is 0. The van der Waals surface area contributed by atoms with Crippen molar-refractivity contribution in [2.45, 2.75) is 0 Å². The monoisotopic (exact) mass is 218 g/mol. The molecule has 3 aliphatic rings. The smallest absolute Gasteiger partial charge is 0.222 e. The fourth-order valence-electron chi connectivity index (χ4n) is 1.14. The number of phosphoric acid groups is 1. The lowest BCUT2D eigenvalue weighted by Gasteiger charge is -2.21. The van der Waals surface area contributed by atoms with Crippen LogP contribution in [-0.4, -0.2) is 5.34 Å². The molecule has 3 fully saturated rings. The van der Waals surface area contributed by atoms with Gasteiger partial charge in [-0.1, -0.05) is 12.1 Å². The second kappa shape index (κ2) is 2.53. The molecule has 3 saturated heterocycles. The van der Waals surface area contributed by atoms with E-state index in [9.17, 15) is 8.96 Å². The molecule has 8 heteroatoms. The van der Waals surface area contributed by atoms with Gasteiger partial charge in [0.25, 0.3) is 0 Å². The predicted octanol–water partition coefficient (Wildman–Crippen LogP) is 1.78. The van der Waals surface area contributed by atoms with Gasteiger partial charge in [-0.25, -0.2) is 8.96 Å². The van der Waals surface area contributed by atoms with Crippen LogP contribution in [0.3, 0.4) is 0 Å². The topological polar surface area (TPSA) is 51.2 Å². The standard InChI is InChI=1S/C6H4FN2O4P/c7-5-3-1-2-4-6(5)8-9-12-14(10,11-8)13-9/h1-4H. The van der Waals surface area contributed by atoms with E-state index in [1.807, 2.05) is 0 Å². The van der Waals surface area contributed by atoms with Crippen LogP contribution in [0.5, 0.6) is 0 Å². The van der Waals surface area contributed by atoms with Gasteiger partial charge >= 0.3 is 7.82 Å². The molecule has 0 saturated carbocycles. The number of hydrazine groups is 1. The Morgan fingerprint density at radius 2 is 1.93 bits per heavy atom. The van der Waals surface area contributed by atoms with Crippen LogP contribution in [0.15, 0.2) is 24.3 Å². The van der Waals surface area contributed by atoms with Crippen molar-refractivity contribution in [1.29, 1.82) is 0 Å². The van der Waals surface area contributed by atoms with Crippen LogP contribution in [0.4, 0.5) is 10.1 Å². The molecule has 3 aliphatic heterocycles. The molecule has 3 heterocycles. The molecule has 14 heavy (non-hydrogen) atoms. The van der Waals surface area contributed by atoms with Crippen LogP contribution in [0, 0.1) is 5.82 Å². The Morgan fingerprint density at radius 3 is 2.50 bits per heavy atom. The van der Waals surface area contributed by atoms with Crippen molar-refractivity contribution in [3.05, 3.63) is 30.1 Å². The number of nitrogens with zero attached hydrogens (tertiary/aromatic N) is 2. The molecule has 0 N–H and O–H groups in total. The summed E-state index contributed by atoms with van der Waals surface area (Å²) in [5, 5.41) is 1.58. The molecule has 4 rings (SSSR count). The molecule has 0 aromatic heterocycles. The summed E-state index contributed by atoms with van der Waals surface area (Å²) in [5.74, 6) is -0.528. The van der Waals surface area contributed by atoms with Gasteiger partial charge in [0.2, 0.25) is 0 Å². The molecule has 0 amide bonds. The van der Waals surface area contributed by atoms with E-state index in [1.165, 1.54) is 18.2 Å². The summed E-state index contributed by atoms with van der Waals surface area (Å²) in [6.07, 6.45) is 0. The van der Waals surface area contributed by atoms with E-state index in [2.05, 4.69) is 9.25 Å².